The van der Waals surface area contributed by atoms with Crippen molar-refractivity contribution in [2.24, 2.45) is 0 Å². The van der Waals surface area contributed by atoms with Crippen LogP contribution in [-0.2, 0) is 4.79 Å². The van der Waals surface area contributed by atoms with E-state index in [9.17, 15) is 9.59 Å². The van der Waals surface area contributed by atoms with Gasteiger partial charge in [-0.15, -0.1) is 21.5 Å². The predicted octanol–water partition coefficient (Wildman–Crippen LogP) is 4.12. The summed E-state index contributed by atoms with van der Waals surface area (Å²) in [5.74, 6) is 0.251. The number of nitrogens with one attached hydrogen (secondary N) is 1. The Morgan fingerprint density at radius 1 is 1.20 bits per heavy atom. The smallest absolute Gasteiger partial charge is 0.277 e. The average molecular weight is 373 g/mol. The summed E-state index contributed by atoms with van der Waals surface area (Å²) in [4.78, 5) is 24.4. The Balaban J connectivity index is 1.60. The van der Waals surface area contributed by atoms with Gasteiger partial charge in [-0.3, -0.25) is 9.59 Å². The molecule has 3 aromatic rings. The van der Waals surface area contributed by atoms with Gasteiger partial charge in [-0.2, -0.15) is 0 Å². The molecule has 0 unspecified atom stereocenters. The number of hydrogen-bond donors (Lipinski definition) is 1. The minimum atomic E-state index is -0.413. The van der Waals surface area contributed by atoms with Gasteiger partial charge in [0.25, 0.3) is 11.1 Å². The second kappa shape index (κ2) is 7.62. The first-order valence-corrected chi connectivity index (χ1v) is 9.25. The van der Waals surface area contributed by atoms with Crippen molar-refractivity contribution in [2.75, 3.05) is 5.32 Å². The van der Waals surface area contributed by atoms with Gasteiger partial charge < -0.3 is 9.73 Å². The van der Waals surface area contributed by atoms with Gasteiger partial charge in [0.15, 0.2) is 5.78 Å². The molecule has 25 heavy (non-hydrogen) atoms. The summed E-state index contributed by atoms with van der Waals surface area (Å²) in [5, 5.41) is 12.6. The van der Waals surface area contributed by atoms with Crippen LogP contribution in [0.5, 0.6) is 0 Å². The Morgan fingerprint density at radius 3 is 2.60 bits per heavy atom. The zero-order valence-corrected chi connectivity index (χ0v) is 15.2. The maximum atomic E-state index is 12.3. The van der Waals surface area contributed by atoms with E-state index in [-0.39, 0.29) is 11.7 Å². The summed E-state index contributed by atoms with van der Waals surface area (Å²) in [7, 11) is 0. The summed E-state index contributed by atoms with van der Waals surface area (Å²) >= 11 is 2.71. The largest absolute Gasteiger partial charge is 0.410 e. The van der Waals surface area contributed by atoms with Crippen molar-refractivity contribution in [3.63, 3.8) is 0 Å². The number of hydrogen-bond acceptors (Lipinski definition) is 7. The number of rotatable bonds is 6. The van der Waals surface area contributed by atoms with E-state index in [0.717, 1.165) is 4.88 Å². The lowest BCUT2D eigenvalue weighted by Crippen LogP contribution is -2.22. The lowest BCUT2D eigenvalue weighted by molar-refractivity contribution is -0.115. The molecular weight excluding hydrogens is 358 g/mol. The van der Waals surface area contributed by atoms with Crippen molar-refractivity contribution in [1.29, 1.82) is 0 Å². The minimum Gasteiger partial charge on any atom is -0.410 e. The van der Waals surface area contributed by atoms with Crippen LogP contribution in [0, 0.1) is 0 Å². The molecule has 2 aromatic heterocycles. The monoisotopic (exact) mass is 373 g/mol. The number of anilines is 1. The number of carbonyl (C=O) groups is 2. The highest BCUT2D eigenvalue weighted by atomic mass is 32.2. The van der Waals surface area contributed by atoms with Crippen LogP contribution in [-0.4, -0.2) is 27.1 Å². The van der Waals surface area contributed by atoms with Crippen LogP contribution in [0.25, 0.3) is 10.8 Å². The number of ketones is 1. The number of Topliss-reactive ketones (excluding diaryl/α,β-unsaturated/α-hetero) is 1. The van der Waals surface area contributed by atoms with E-state index in [4.69, 9.17) is 4.42 Å². The number of carbonyl (C=O) groups excluding carboxylic acids is 2. The van der Waals surface area contributed by atoms with E-state index < -0.39 is 5.25 Å². The van der Waals surface area contributed by atoms with Crippen LogP contribution in [0.4, 0.5) is 5.69 Å². The first kappa shape index (κ1) is 17.4. The number of benzene rings is 1. The van der Waals surface area contributed by atoms with Gasteiger partial charge in [0.2, 0.25) is 5.91 Å². The van der Waals surface area contributed by atoms with E-state index in [2.05, 4.69) is 15.5 Å². The second-order valence-corrected chi connectivity index (χ2v) is 7.47. The van der Waals surface area contributed by atoms with Gasteiger partial charge in [-0.1, -0.05) is 17.8 Å². The van der Waals surface area contributed by atoms with Crippen LogP contribution in [0.2, 0.25) is 0 Å². The van der Waals surface area contributed by atoms with Gasteiger partial charge in [-0.05, 0) is 49.6 Å². The van der Waals surface area contributed by atoms with E-state index in [1.54, 1.807) is 31.2 Å². The zero-order chi connectivity index (χ0) is 17.8. The van der Waals surface area contributed by atoms with Gasteiger partial charge >= 0.3 is 0 Å². The Kier molecular flexibility index (Phi) is 5.30. The Morgan fingerprint density at radius 2 is 1.96 bits per heavy atom. The van der Waals surface area contributed by atoms with Crippen molar-refractivity contribution in [1.82, 2.24) is 10.2 Å². The zero-order valence-electron chi connectivity index (χ0n) is 13.6. The summed E-state index contributed by atoms with van der Waals surface area (Å²) in [5.41, 5.74) is 1.24. The molecule has 0 aliphatic carbocycles. The van der Waals surface area contributed by atoms with Crippen molar-refractivity contribution in [3.8, 4) is 10.8 Å². The van der Waals surface area contributed by atoms with Gasteiger partial charge in [0.05, 0.1) is 10.1 Å². The third-order valence-electron chi connectivity index (χ3n) is 3.34. The molecule has 0 saturated carbocycles. The molecule has 1 amide bonds. The van der Waals surface area contributed by atoms with Crippen LogP contribution in [0.1, 0.15) is 24.2 Å². The molecule has 8 heteroatoms. The summed E-state index contributed by atoms with van der Waals surface area (Å²) in [6.07, 6.45) is 0. The molecule has 1 atom stereocenters. The number of thioether (sulfide) groups is 1. The molecule has 1 aromatic carbocycles. The van der Waals surface area contributed by atoms with Crippen LogP contribution in [0.3, 0.4) is 0 Å². The third kappa shape index (κ3) is 4.34. The highest BCUT2D eigenvalue weighted by Gasteiger charge is 2.19. The van der Waals surface area contributed by atoms with Crippen LogP contribution < -0.4 is 5.32 Å². The molecule has 1 N–H and O–H groups in total. The molecule has 128 valence electrons. The quantitative estimate of drug-likeness (QED) is 0.517. The van der Waals surface area contributed by atoms with E-state index in [1.807, 2.05) is 17.5 Å². The maximum Gasteiger partial charge on any atom is 0.277 e. The Hall–Kier alpha value is -2.45. The lowest BCUT2D eigenvalue weighted by Gasteiger charge is -2.10. The maximum absolute atomic E-state index is 12.3. The first-order chi connectivity index (χ1) is 12.0. The molecule has 0 radical (unpaired) electrons. The molecule has 2 heterocycles. The van der Waals surface area contributed by atoms with Crippen molar-refractivity contribution in [3.05, 3.63) is 47.3 Å². The summed E-state index contributed by atoms with van der Waals surface area (Å²) < 4.78 is 5.57. The summed E-state index contributed by atoms with van der Waals surface area (Å²) in [6.45, 7) is 3.26. The number of amides is 1. The fourth-order valence-electron chi connectivity index (χ4n) is 1.99. The SMILES string of the molecule is CC(=O)c1ccc(NC(=O)[C@H](C)Sc2nnc(-c3cccs3)o2)cc1. The minimum absolute atomic E-state index is 0.0141. The standard InChI is InChI=1S/C17H15N3O3S2/c1-10(21)12-5-7-13(8-6-12)18-15(22)11(2)25-17-20-19-16(23-17)14-4-3-9-24-14/h3-9,11H,1-2H3,(H,18,22)/t11-/m0/s1. The van der Waals surface area contributed by atoms with Gasteiger partial charge in [-0.25, -0.2) is 0 Å². The van der Waals surface area contributed by atoms with Crippen LogP contribution in [0.15, 0.2) is 51.4 Å². The normalized spacial score (nSPS) is 11.9. The Bertz CT molecular complexity index is 873. The fraction of sp³-hybridized carbons (Fsp3) is 0.176. The number of thiophene rings is 1. The van der Waals surface area contributed by atoms with Gasteiger partial charge in [0, 0.05) is 11.3 Å². The van der Waals surface area contributed by atoms with Crippen LogP contribution >= 0.6 is 23.1 Å². The lowest BCUT2D eigenvalue weighted by atomic mass is 10.1. The topological polar surface area (TPSA) is 85.1 Å². The molecular formula is C17H15N3O3S2. The molecule has 0 fully saturated rings. The number of nitrogens with zero attached hydrogens (tertiary/aromatic N) is 2. The van der Waals surface area contributed by atoms with E-state index in [1.165, 1.54) is 30.0 Å². The summed E-state index contributed by atoms with van der Waals surface area (Å²) in [6, 6.07) is 10.6. The first-order valence-electron chi connectivity index (χ1n) is 7.49. The van der Waals surface area contributed by atoms with Crippen molar-refractivity contribution in [2.45, 2.75) is 24.3 Å². The molecule has 0 aliphatic rings. The van der Waals surface area contributed by atoms with E-state index in [0.29, 0.717) is 22.4 Å². The van der Waals surface area contributed by atoms with Crippen molar-refractivity contribution >= 4 is 40.5 Å². The average Bonchev–Trinajstić information content (AvgIpc) is 3.26. The number of aromatic nitrogens is 2. The van der Waals surface area contributed by atoms with Crippen molar-refractivity contribution < 1.29 is 14.0 Å². The van der Waals surface area contributed by atoms with Gasteiger partial charge in [0.1, 0.15) is 0 Å². The molecule has 0 saturated heterocycles. The molecule has 0 aliphatic heterocycles. The highest BCUT2D eigenvalue weighted by Crippen LogP contribution is 2.28. The molecule has 6 nitrogen and oxygen atoms in total. The molecule has 0 spiro atoms. The predicted molar refractivity (Wildman–Crippen MR) is 98.0 cm³/mol. The Labute approximate surface area is 152 Å². The fourth-order valence-corrected chi connectivity index (χ4v) is 3.32. The third-order valence-corrected chi connectivity index (χ3v) is 5.14. The molecule has 3 rings (SSSR count). The molecule has 0 bridgehead atoms. The second-order valence-electron chi connectivity index (χ2n) is 5.23. The highest BCUT2D eigenvalue weighted by molar-refractivity contribution is 8.00. The van der Waals surface area contributed by atoms with E-state index >= 15 is 0 Å².